The van der Waals surface area contributed by atoms with E-state index in [1.54, 1.807) is 33.1 Å². The van der Waals surface area contributed by atoms with Gasteiger partial charge < -0.3 is 14.0 Å². The summed E-state index contributed by atoms with van der Waals surface area (Å²) in [6.07, 6.45) is 0.711. The molecule has 8 nitrogen and oxygen atoms in total. The predicted octanol–water partition coefficient (Wildman–Crippen LogP) is 5.92. The van der Waals surface area contributed by atoms with Crippen LogP contribution in [0.5, 0.6) is 11.5 Å². The predicted molar refractivity (Wildman–Crippen MR) is 143 cm³/mol. The van der Waals surface area contributed by atoms with Gasteiger partial charge in [0, 0.05) is 22.9 Å². The van der Waals surface area contributed by atoms with E-state index in [0.717, 1.165) is 28.1 Å². The molecule has 0 aliphatic carbocycles. The first-order valence-corrected chi connectivity index (χ1v) is 13.4. The van der Waals surface area contributed by atoms with Crippen LogP contribution in [-0.2, 0) is 23.1 Å². The summed E-state index contributed by atoms with van der Waals surface area (Å²) in [7, 11) is -2.33. The van der Waals surface area contributed by atoms with Gasteiger partial charge in [0.05, 0.1) is 23.4 Å². The van der Waals surface area contributed by atoms with Gasteiger partial charge in [0.2, 0.25) is 5.88 Å². The zero-order valence-electron chi connectivity index (χ0n) is 21.9. The van der Waals surface area contributed by atoms with Gasteiger partial charge in [-0.05, 0) is 56.9 Å². The summed E-state index contributed by atoms with van der Waals surface area (Å²) in [6.45, 7) is 9.69. The fraction of sp³-hybridized carbons (Fsp3) is 0.286. The molecule has 0 aliphatic rings. The van der Waals surface area contributed by atoms with Crippen LogP contribution in [0.4, 0.5) is 5.88 Å². The Morgan fingerprint density at radius 3 is 2.41 bits per heavy atom. The number of pyridine rings is 1. The van der Waals surface area contributed by atoms with Gasteiger partial charge in [-0.1, -0.05) is 48.5 Å². The Kier molecular flexibility index (Phi) is 7.54. The minimum absolute atomic E-state index is 0.118. The van der Waals surface area contributed by atoms with Gasteiger partial charge >= 0.3 is 0 Å². The molecular weight excluding hydrogens is 490 g/mol. The smallest absolute Gasteiger partial charge is 0.264 e. The molecule has 0 spiro atoms. The summed E-state index contributed by atoms with van der Waals surface area (Å²) in [4.78, 5) is 4.59. The fourth-order valence-electron chi connectivity index (χ4n) is 4.20. The number of ether oxygens (including phenoxy) is 2. The summed E-state index contributed by atoms with van der Waals surface area (Å²) >= 11 is 0. The molecule has 0 radical (unpaired) electrons. The van der Waals surface area contributed by atoms with Crippen molar-refractivity contribution in [2.45, 2.75) is 52.5 Å². The molecule has 1 N–H and O–H groups in total. The van der Waals surface area contributed by atoms with Gasteiger partial charge in [-0.2, -0.15) is 0 Å². The van der Waals surface area contributed by atoms with Gasteiger partial charge in [-0.25, -0.2) is 13.1 Å². The van der Waals surface area contributed by atoms with Crippen LogP contribution in [0.2, 0.25) is 0 Å². The molecule has 4 aromatic rings. The Bertz CT molecular complexity index is 1540. The number of anilines is 1. The van der Waals surface area contributed by atoms with E-state index in [1.165, 1.54) is 0 Å². The van der Waals surface area contributed by atoms with E-state index in [0.29, 0.717) is 41.3 Å². The van der Waals surface area contributed by atoms with Crippen molar-refractivity contribution in [1.29, 1.82) is 0 Å². The first-order valence-electron chi connectivity index (χ1n) is 12.0. The Balaban J connectivity index is 1.65. The third kappa shape index (κ3) is 5.46. The highest BCUT2D eigenvalue weighted by Gasteiger charge is 2.23. The van der Waals surface area contributed by atoms with Crippen molar-refractivity contribution in [2.75, 3.05) is 11.8 Å². The van der Waals surface area contributed by atoms with Crippen LogP contribution in [0, 0.1) is 27.7 Å². The number of hydrogen-bond acceptors (Lipinski definition) is 7. The van der Waals surface area contributed by atoms with Crippen LogP contribution in [0.3, 0.4) is 0 Å². The van der Waals surface area contributed by atoms with E-state index < -0.39 is 10.0 Å². The van der Waals surface area contributed by atoms with Crippen molar-refractivity contribution < 1.29 is 22.4 Å². The molecular formula is C28H31N3O5S. The van der Waals surface area contributed by atoms with E-state index in [1.807, 2.05) is 57.2 Å². The highest BCUT2D eigenvalue weighted by molar-refractivity contribution is 7.92. The van der Waals surface area contributed by atoms with Gasteiger partial charge in [-0.3, -0.25) is 4.98 Å². The fourth-order valence-corrected chi connectivity index (χ4v) is 5.47. The summed E-state index contributed by atoms with van der Waals surface area (Å²) in [5.41, 5.74) is 6.30. The summed E-state index contributed by atoms with van der Waals surface area (Å²) < 4.78 is 46.0. The molecule has 0 amide bonds. The van der Waals surface area contributed by atoms with Crippen LogP contribution in [0.15, 0.2) is 57.9 Å². The first-order chi connectivity index (χ1) is 17.6. The van der Waals surface area contributed by atoms with Crippen LogP contribution in [0.25, 0.3) is 11.1 Å². The number of sulfonamides is 1. The van der Waals surface area contributed by atoms with Gasteiger partial charge in [0.25, 0.3) is 10.0 Å². The quantitative estimate of drug-likeness (QED) is 0.291. The number of benzene rings is 2. The number of rotatable bonds is 9. The van der Waals surface area contributed by atoms with Gasteiger partial charge in [0.15, 0.2) is 11.5 Å². The molecule has 2 heterocycles. The minimum Gasteiger partial charge on any atom is -0.491 e. The SMILES string of the molecule is CCc1cc(COc2cc(C)nc(C)c2OC)ccc1-c1ccccc1S(=O)(=O)Nc1onc(C)c1C. The molecule has 194 valence electrons. The van der Waals surface area contributed by atoms with E-state index >= 15 is 0 Å². The number of aromatic nitrogens is 2. The van der Waals surface area contributed by atoms with Crippen LogP contribution in [0.1, 0.15) is 40.7 Å². The highest BCUT2D eigenvalue weighted by Crippen LogP contribution is 2.34. The highest BCUT2D eigenvalue weighted by atomic mass is 32.2. The van der Waals surface area contributed by atoms with E-state index in [2.05, 4.69) is 14.9 Å². The van der Waals surface area contributed by atoms with Crippen molar-refractivity contribution in [3.63, 3.8) is 0 Å². The van der Waals surface area contributed by atoms with Gasteiger partial charge in [0.1, 0.15) is 6.61 Å². The monoisotopic (exact) mass is 521 g/mol. The molecule has 0 saturated heterocycles. The van der Waals surface area contributed by atoms with Crippen LogP contribution in [-0.4, -0.2) is 25.7 Å². The topological polar surface area (TPSA) is 104 Å². The maximum atomic E-state index is 13.4. The number of aryl methyl sites for hydroxylation is 4. The number of nitrogens with one attached hydrogen (secondary N) is 1. The summed E-state index contributed by atoms with van der Waals surface area (Å²) in [6, 6.07) is 14.7. The lowest BCUT2D eigenvalue weighted by Crippen LogP contribution is -2.14. The molecule has 0 atom stereocenters. The third-order valence-corrected chi connectivity index (χ3v) is 7.63. The summed E-state index contributed by atoms with van der Waals surface area (Å²) in [5.74, 6) is 1.37. The average molecular weight is 522 g/mol. The molecule has 37 heavy (non-hydrogen) atoms. The maximum Gasteiger partial charge on any atom is 0.264 e. The lowest BCUT2D eigenvalue weighted by molar-refractivity contribution is 0.282. The van der Waals surface area contributed by atoms with E-state index in [-0.39, 0.29) is 10.8 Å². The normalized spacial score (nSPS) is 11.4. The average Bonchev–Trinajstić information content (AvgIpc) is 3.18. The number of hydrogen-bond donors (Lipinski definition) is 1. The summed E-state index contributed by atoms with van der Waals surface area (Å²) in [5, 5.41) is 3.85. The maximum absolute atomic E-state index is 13.4. The van der Waals surface area contributed by atoms with Crippen molar-refractivity contribution in [3.05, 3.63) is 82.3 Å². The Hall–Kier alpha value is -3.85. The molecule has 9 heteroatoms. The molecule has 0 aliphatic heterocycles. The molecule has 0 unspecified atom stereocenters. The standard InChI is InChI=1S/C28H31N3O5S/c1-7-22-15-21(16-35-25-14-17(2)29-20(5)27(25)34-6)12-13-23(22)24-10-8-9-11-26(24)37(32,33)31-28-18(3)19(4)30-36-28/h8-15,31H,7,16H2,1-6H3. The van der Waals surface area contributed by atoms with Crippen LogP contribution >= 0.6 is 0 Å². The van der Waals surface area contributed by atoms with Crippen molar-refractivity contribution in [3.8, 4) is 22.6 Å². The van der Waals surface area contributed by atoms with Crippen molar-refractivity contribution >= 4 is 15.9 Å². The third-order valence-electron chi connectivity index (χ3n) is 6.24. The van der Waals surface area contributed by atoms with Crippen LogP contribution < -0.4 is 14.2 Å². The number of nitrogens with zero attached hydrogens (tertiary/aromatic N) is 2. The van der Waals surface area contributed by atoms with Crippen molar-refractivity contribution in [1.82, 2.24) is 10.1 Å². The largest absolute Gasteiger partial charge is 0.491 e. The second kappa shape index (κ2) is 10.6. The second-order valence-corrected chi connectivity index (χ2v) is 10.5. The lowest BCUT2D eigenvalue weighted by atomic mass is 9.96. The molecule has 2 aromatic carbocycles. The molecule has 0 fully saturated rings. The van der Waals surface area contributed by atoms with E-state index in [4.69, 9.17) is 14.0 Å². The Labute approximate surface area is 217 Å². The van der Waals surface area contributed by atoms with Gasteiger partial charge in [-0.15, -0.1) is 0 Å². The zero-order valence-corrected chi connectivity index (χ0v) is 22.7. The zero-order chi connectivity index (χ0) is 26.7. The molecule has 0 saturated carbocycles. The first kappa shape index (κ1) is 26.2. The van der Waals surface area contributed by atoms with E-state index in [9.17, 15) is 8.42 Å². The molecule has 0 bridgehead atoms. The molecule has 2 aromatic heterocycles. The minimum atomic E-state index is -3.93. The van der Waals surface area contributed by atoms with Crippen molar-refractivity contribution in [2.24, 2.45) is 0 Å². The number of methoxy groups -OCH3 is 1. The lowest BCUT2D eigenvalue weighted by Gasteiger charge is -2.16. The second-order valence-electron chi connectivity index (χ2n) is 8.84. The molecule has 4 rings (SSSR count). The Morgan fingerprint density at radius 1 is 0.973 bits per heavy atom. The Morgan fingerprint density at radius 2 is 1.73 bits per heavy atom.